The number of aliphatic hydroxyl groups excluding tert-OH is 1. The summed E-state index contributed by atoms with van der Waals surface area (Å²) in [6.45, 7) is 4.95. The van der Waals surface area contributed by atoms with Crippen LogP contribution < -0.4 is 14.2 Å². The Morgan fingerprint density at radius 1 is 1.05 bits per heavy atom. The predicted molar refractivity (Wildman–Crippen MR) is 153 cm³/mol. The van der Waals surface area contributed by atoms with E-state index in [1.165, 1.54) is 0 Å². The topological polar surface area (TPSA) is 85.3 Å². The molecule has 40 heavy (non-hydrogen) atoms. The maximum absolute atomic E-state index is 13.5. The van der Waals surface area contributed by atoms with Crippen molar-refractivity contribution in [1.29, 1.82) is 0 Å². The van der Waals surface area contributed by atoms with Crippen LogP contribution in [0.3, 0.4) is 0 Å². The lowest BCUT2D eigenvalue weighted by molar-refractivity contribution is -0.139. The molecule has 2 atom stereocenters. The third kappa shape index (κ3) is 5.41. The molecule has 2 aliphatic rings. The first kappa shape index (κ1) is 27.3. The molecule has 0 aliphatic carbocycles. The van der Waals surface area contributed by atoms with Crippen molar-refractivity contribution in [3.63, 3.8) is 0 Å². The Morgan fingerprint density at radius 3 is 2.60 bits per heavy atom. The fourth-order valence-electron chi connectivity index (χ4n) is 5.38. The standard InChI is InChI=1S/C33H35NO6/c1-4-5-17-39-27-14-11-23(20-28(27)38-3)30-29(31(35)24-12-13-26-25(19-24)18-21(2)40-26)32(36)33(37)34(30)16-15-22-9-7-6-8-10-22/h6-14,19-21,30,35H,4-5,15-18H2,1-3H3/b31-29+/t21-,30-/m0/s1. The normalized spacial score (nSPS) is 19.4. The van der Waals surface area contributed by atoms with E-state index in [0.717, 1.165) is 29.7 Å². The predicted octanol–water partition coefficient (Wildman–Crippen LogP) is 5.86. The molecule has 7 nitrogen and oxygen atoms in total. The SMILES string of the molecule is CCCCOc1ccc([C@H]2/C(=C(\O)c3ccc4c(c3)C[C@H](C)O4)C(=O)C(=O)N2CCc2ccccc2)cc1OC. The highest BCUT2D eigenvalue weighted by Gasteiger charge is 2.46. The molecule has 5 rings (SSSR count). The van der Waals surface area contributed by atoms with Gasteiger partial charge in [-0.05, 0) is 66.8 Å². The van der Waals surface area contributed by atoms with Crippen molar-refractivity contribution >= 4 is 17.4 Å². The molecule has 0 unspecified atom stereocenters. The minimum atomic E-state index is -0.786. The molecule has 1 saturated heterocycles. The molecule has 208 valence electrons. The third-order valence-corrected chi connectivity index (χ3v) is 7.45. The van der Waals surface area contributed by atoms with Gasteiger partial charge in [0.15, 0.2) is 11.5 Å². The second kappa shape index (κ2) is 11.9. The molecule has 3 aromatic carbocycles. The number of carbonyl (C=O) groups is 2. The van der Waals surface area contributed by atoms with Crippen LogP contribution in [0.25, 0.3) is 5.76 Å². The van der Waals surface area contributed by atoms with E-state index in [2.05, 4.69) is 6.92 Å². The summed E-state index contributed by atoms with van der Waals surface area (Å²) < 4.78 is 17.3. The maximum Gasteiger partial charge on any atom is 0.295 e. The Bertz CT molecular complexity index is 1430. The van der Waals surface area contributed by atoms with Gasteiger partial charge in [0.25, 0.3) is 11.7 Å². The molecule has 0 bridgehead atoms. The number of hydrogen-bond donors (Lipinski definition) is 1. The van der Waals surface area contributed by atoms with Gasteiger partial charge in [-0.1, -0.05) is 49.7 Å². The fraction of sp³-hybridized carbons (Fsp3) is 0.333. The number of unbranched alkanes of at least 4 members (excludes halogenated alkanes) is 1. The number of fused-ring (bicyclic) bond motifs is 1. The number of methoxy groups -OCH3 is 1. The largest absolute Gasteiger partial charge is 0.507 e. The monoisotopic (exact) mass is 541 g/mol. The van der Waals surface area contributed by atoms with Crippen LogP contribution in [0.15, 0.2) is 72.3 Å². The Morgan fingerprint density at radius 2 is 1.85 bits per heavy atom. The lowest BCUT2D eigenvalue weighted by atomic mass is 9.94. The number of amides is 1. The summed E-state index contributed by atoms with van der Waals surface area (Å²) in [7, 11) is 1.56. The van der Waals surface area contributed by atoms with Crippen LogP contribution in [0, 0.1) is 0 Å². The average molecular weight is 542 g/mol. The molecule has 1 amide bonds. The van der Waals surface area contributed by atoms with Crippen molar-refractivity contribution < 1.29 is 28.9 Å². The molecule has 2 aliphatic heterocycles. The average Bonchev–Trinajstić information content (AvgIpc) is 3.47. The van der Waals surface area contributed by atoms with E-state index in [-0.39, 0.29) is 17.4 Å². The van der Waals surface area contributed by atoms with E-state index >= 15 is 0 Å². The Labute approximate surface area is 235 Å². The minimum Gasteiger partial charge on any atom is -0.507 e. The van der Waals surface area contributed by atoms with Crippen molar-refractivity contribution in [1.82, 2.24) is 4.90 Å². The zero-order valence-corrected chi connectivity index (χ0v) is 23.2. The van der Waals surface area contributed by atoms with Crippen LogP contribution in [0.5, 0.6) is 17.2 Å². The number of rotatable bonds is 10. The lowest BCUT2D eigenvalue weighted by Crippen LogP contribution is -2.31. The van der Waals surface area contributed by atoms with Gasteiger partial charge in [0.05, 0.1) is 25.3 Å². The number of aliphatic hydroxyl groups is 1. The summed E-state index contributed by atoms with van der Waals surface area (Å²) in [6.07, 6.45) is 3.23. The van der Waals surface area contributed by atoms with Gasteiger partial charge >= 0.3 is 0 Å². The molecule has 3 aromatic rings. The number of Topliss-reactive ketones (excluding diaryl/α,β-unsaturated/α-hetero) is 1. The van der Waals surface area contributed by atoms with Gasteiger partial charge in [-0.15, -0.1) is 0 Å². The summed E-state index contributed by atoms with van der Waals surface area (Å²) in [5.41, 5.74) is 3.21. The van der Waals surface area contributed by atoms with Crippen LogP contribution in [-0.2, 0) is 22.4 Å². The molecular weight excluding hydrogens is 506 g/mol. The molecular formula is C33H35NO6. The molecule has 1 N–H and O–H groups in total. The number of hydrogen-bond acceptors (Lipinski definition) is 6. The van der Waals surface area contributed by atoms with E-state index in [1.54, 1.807) is 36.3 Å². The summed E-state index contributed by atoms with van der Waals surface area (Å²) in [5, 5.41) is 11.5. The number of nitrogens with zero attached hydrogens (tertiary/aromatic N) is 1. The molecule has 7 heteroatoms. The van der Waals surface area contributed by atoms with Gasteiger partial charge in [-0.2, -0.15) is 0 Å². The van der Waals surface area contributed by atoms with E-state index in [4.69, 9.17) is 14.2 Å². The Balaban J connectivity index is 1.57. The van der Waals surface area contributed by atoms with Crippen LogP contribution in [0.2, 0.25) is 0 Å². The zero-order valence-electron chi connectivity index (χ0n) is 23.2. The van der Waals surface area contributed by atoms with Crippen molar-refractivity contribution in [3.05, 3.63) is 94.6 Å². The van der Waals surface area contributed by atoms with Crippen LogP contribution in [0.4, 0.5) is 0 Å². The second-order valence-corrected chi connectivity index (χ2v) is 10.3. The first-order chi connectivity index (χ1) is 19.4. The first-order valence-electron chi connectivity index (χ1n) is 13.8. The molecule has 0 spiro atoms. The second-order valence-electron chi connectivity index (χ2n) is 10.3. The van der Waals surface area contributed by atoms with E-state index in [1.807, 2.05) is 49.4 Å². The fourth-order valence-corrected chi connectivity index (χ4v) is 5.38. The van der Waals surface area contributed by atoms with E-state index in [0.29, 0.717) is 48.6 Å². The molecule has 0 aromatic heterocycles. The van der Waals surface area contributed by atoms with Gasteiger partial charge in [-0.25, -0.2) is 0 Å². The number of ketones is 1. The lowest BCUT2D eigenvalue weighted by Gasteiger charge is -2.26. The van der Waals surface area contributed by atoms with Crippen molar-refractivity contribution in [2.75, 3.05) is 20.3 Å². The van der Waals surface area contributed by atoms with Gasteiger partial charge in [0, 0.05) is 18.5 Å². The summed E-state index contributed by atoms with van der Waals surface area (Å²) in [4.78, 5) is 28.5. The molecule has 1 fully saturated rings. The Hall–Kier alpha value is -4.26. The molecule has 0 radical (unpaired) electrons. The van der Waals surface area contributed by atoms with E-state index < -0.39 is 17.7 Å². The smallest absolute Gasteiger partial charge is 0.295 e. The quantitative estimate of drug-likeness (QED) is 0.150. The molecule has 0 saturated carbocycles. The summed E-state index contributed by atoms with van der Waals surface area (Å²) >= 11 is 0. The van der Waals surface area contributed by atoms with Crippen LogP contribution >= 0.6 is 0 Å². The van der Waals surface area contributed by atoms with Gasteiger partial charge in [0.2, 0.25) is 0 Å². The highest BCUT2D eigenvalue weighted by molar-refractivity contribution is 6.46. The number of benzene rings is 3. The minimum absolute atomic E-state index is 0.0430. The number of likely N-dealkylation sites (tertiary alicyclic amines) is 1. The first-order valence-corrected chi connectivity index (χ1v) is 13.8. The van der Waals surface area contributed by atoms with Gasteiger partial charge < -0.3 is 24.2 Å². The van der Waals surface area contributed by atoms with Gasteiger partial charge in [-0.3, -0.25) is 9.59 Å². The number of carbonyl (C=O) groups excluding carboxylic acids is 2. The summed E-state index contributed by atoms with van der Waals surface area (Å²) in [6, 6.07) is 19.8. The zero-order chi connectivity index (χ0) is 28.2. The van der Waals surface area contributed by atoms with Gasteiger partial charge in [0.1, 0.15) is 17.6 Å². The third-order valence-electron chi connectivity index (χ3n) is 7.45. The number of ether oxygens (including phenoxy) is 3. The van der Waals surface area contributed by atoms with Crippen molar-refractivity contribution in [3.8, 4) is 17.2 Å². The van der Waals surface area contributed by atoms with Crippen molar-refractivity contribution in [2.45, 2.75) is 51.7 Å². The Kier molecular flexibility index (Phi) is 8.10. The van der Waals surface area contributed by atoms with Crippen molar-refractivity contribution in [2.24, 2.45) is 0 Å². The molecule has 2 heterocycles. The van der Waals surface area contributed by atoms with E-state index in [9.17, 15) is 14.7 Å². The van der Waals surface area contributed by atoms with Crippen LogP contribution in [0.1, 0.15) is 55.0 Å². The summed E-state index contributed by atoms with van der Waals surface area (Å²) in [5.74, 6) is 0.327. The maximum atomic E-state index is 13.5. The highest BCUT2D eigenvalue weighted by atomic mass is 16.5. The highest BCUT2D eigenvalue weighted by Crippen LogP contribution is 2.43. The van der Waals surface area contributed by atoms with Crippen LogP contribution in [-0.4, -0.2) is 48.1 Å².